The molecule has 0 radical (unpaired) electrons. The van der Waals surface area contributed by atoms with Crippen molar-refractivity contribution >= 4 is 61.2 Å². The number of hydrogen-bond donors (Lipinski definition) is 0. The molecule has 3 aromatic carbocycles. The summed E-state index contributed by atoms with van der Waals surface area (Å²) in [6.07, 6.45) is 3.58. The highest BCUT2D eigenvalue weighted by Gasteiger charge is 2.17. The fraction of sp³-hybridized carbons (Fsp3) is 0.0500. The Labute approximate surface area is 269 Å². The van der Waals surface area contributed by atoms with Crippen molar-refractivity contribution in [2.24, 2.45) is 0 Å². The van der Waals surface area contributed by atoms with E-state index in [0.29, 0.717) is 11.4 Å². The van der Waals surface area contributed by atoms with Crippen LogP contribution in [0.3, 0.4) is 0 Å². The number of rotatable bonds is 5. The number of furan rings is 2. The zero-order chi connectivity index (χ0) is 31.5. The van der Waals surface area contributed by atoms with Crippen LogP contribution in [-0.4, -0.2) is 19.9 Å². The number of aromatic nitrogens is 4. The maximum absolute atomic E-state index is 6.00. The van der Waals surface area contributed by atoms with E-state index in [0.717, 1.165) is 83.7 Å². The molecule has 0 aliphatic rings. The van der Waals surface area contributed by atoms with Gasteiger partial charge in [-0.2, -0.15) is 0 Å². The molecule has 9 rings (SSSR count). The number of benzene rings is 3. The minimum absolute atomic E-state index is 0.629. The summed E-state index contributed by atoms with van der Waals surface area (Å²) in [5, 5.41) is 3.96. The molecule has 6 aromatic heterocycles. The predicted octanol–water partition coefficient (Wildman–Crippen LogP) is 10.5. The number of para-hydroxylation sites is 1. The van der Waals surface area contributed by atoms with Crippen LogP contribution in [0.1, 0.15) is 11.4 Å². The maximum atomic E-state index is 6.00. The van der Waals surface area contributed by atoms with Gasteiger partial charge in [-0.05, 0) is 86.6 Å². The van der Waals surface area contributed by atoms with Gasteiger partial charge in [0.15, 0.2) is 11.2 Å². The van der Waals surface area contributed by atoms with Crippen LogP contribution in [0.5, 0.6) is 0 Å². The quantitative estimate of drug-likeness (QED) is 0.192. The summed E-state index contributed by atoms with van der Waals surface area (Å²) in [7, 11) is 0. The highest BCUT2D eigenvalue weighted by atomic mass is 16.3. The molecular weight excluding hydrogens is 582 g/mol. The van der Waals surface area contributed by atoms with Crippen LogP contribution in [0.25, 0.3) is 66.7 Å². The Morgan fingerprint density at radius 1 is 0.468 bits per heavy atom. The third kappa shape index (κ3) is 4.68. The second-order valence-corrected chi connectivity index (χ2v) is 11.7. The van der Waals surface area contributed by atoms with Crippen molar-refractivity contribution in [1.82, 2.24) is 19.9 Å². The van der Waals surface area contributed by atoms with E-state index in [4.69, 9.17) is 18.8 Å². The molecule has 0 unspecified atom stereocenters. The largest absolute Gasteiger partial charge is 0.436 e. The molecule has 0 bridgehead atoms. The minimum Gasteiger partial charge on any atom is -0.436 e. The summed E-state index contributed by atoms with van der Waals surface area (Å²) < 4.78 is 12.0. The van der Waals surface area contributed by atoms with E-state index >= 15 is 0 Å². The molecule has 7 nitrogen and oxygen atoms in total. The number of aryl methyl sites for hydroxylation is 2. The van der Waals surface area contributed by atoms with Crippen molar-refractivity contribution < 1.29 is 8.83 Å². The number of fused-ring (bicyclic) bond motifs is 6. The molecule has 0 fully saturated rings. The van der Waals surface area contributed by atoms with Crippen LogP contribution in [0.2, 0.25) is 0 Å². The first-order valence-corrected chi connectivity index (χ1v) is 15.5. The van der Waals surface area contributed by atoms with Gasteiger partial charge in [0.2, 0.25) is 11.4 Å². The summed E-state index contributed by atoms with van der Waals surface area (Å²) in [6.45, 7) is 3.93. The summed E-state index contributed by atoms with van der Waals surface area (Å²) in [5.74, 6) is 0. The molecule has 0 saturated carbocycles. The molecule has 0 amide bonds. The van der Waals surface area contributed by atoms with Gasteiger partial charge < -0.3 is 13.7 Å². The number of hydrogen-bond acceptors (Lipinski definition) is 7. The first kappa shape index (κ1) is 27.0. The standard InChI is InChI=1S/C40H27N5O2/c1-24-14-16-31-33-20-35(41-22-37(33)46-39(31)43-24)26-8-6-12-29(18-26)45(28-10-4-3-5-11-28)30-13-7-9-27(19-30)36-21-34-32-17-15-25(2)44-40(32)47-38(34)23-42-36/h3-23H,1-2H3. The molecule has 7 heteroatoms. The summed E-state index contributed by atoms with van der Waals surface area (Å²) in [4.78, 5) is 20.9. The van der Waals surface area contributed by atoms with Crippen LogP contribution < -0.4 is 4.90 Å². The van der Waals surface area contributed by atoms with Crippen LogP contribution in [0, 0.1) is 13.8 Å². The van der Waals surface area contributed by atoms with Gasteiger partial charge in [-0.1, -0.05) is 42.5 Å². The Morgan fingerprint density at radius 3 is 1.47 bits per heavy atom. The highest BCUT2D eigenvalue weighted by Crippen LogP contribution is 2.39. The molecule has 0 atom stereocenters. The molecule has 224 valence electrons. The number of nitrogens with zero attached hydrogens (tertiary/aromatic N) is 5. The normalized spacial score (nSPS) is 11.6. The molecule has 9 aromatic rings. The van der Waals surface area contributed by atoms with Crippen molar-refractivity contribution in [3.8, 4) is 22.5 Å². The van der Waals surface area contributed by atoms with E-state index in [2.05, 4.69) is 112 Å². The topological polar surface area (TPSA) is 81.1 Å². The smallest absolute Gasteiger partial charge is 0.227 e. The van der Waals surface area contributed by atoms with Crippen molar-refractivity contribution in [2.75, 3.05) is 4.90 Å². The summed E-state index contributed by atoms with van der Waals surface area (Å²) in [6, 6.07) is 39.6. The Hall–Kier alpha value is -6.34. The second kappa shape index (κ2) is 10.6. The average Bonchev–Trinajstić information content (AvgIpc) is 3.65. The van der Waals surface area contributed by atoms with Crippen molar-refractivity contribution in [2.45, 2.75) is 13.8 Å². The molecule has 0 aliphatic carbocycles. The molecule has 0 spiro atoms. The van der Waals surface area contributed by atoms with Crippen molar-refractivity contribution in [1.29, 1.82) is 0 Å². The minimum atomic E-state index is 0.629. The number of pyridine rings is 4. The Morgan fingerprint density at radius 2 is 0.957 bits per heavy atom. The lowest BCUT2D eigenvalue weighted by atomic mass is 10.1. The first-order chi connectivity index (χ1) is 23.1. The molecule has 0 N–H and O–H groups in total. The third-order valence-electron chi connectivity index (χ3n) is 8.54. The zero-order valence-electron chi connectivity index (χ0n) is 25.7. The lowest BCUT2D eigenvalue weighted by molar-refractivity contribution is 0.650. The van der Waals surface area contributed by atoms with E-state index in [9.17, 15) is 0 Å². The second-order valence-electron chi connectivity index (χ2n) is 11.7. The van der Waals surface area contributed by atoms with Crippen LogP contribution in [0.4, 0.5) is 17.1 Å². The lowest BCUT2D eigenvalue weighted by Crippen LogP contribution is -2.10. The first-order valence-electron chi connectivity index (χ1n) is 15.5. The van der Waals surface area contributed by atoms with Gasteiger partial charge in [0.1, 0.15) is 0 Å². The lowest BCUT2D eigenvalue weighted by Gasteiger charge is -2.26. The van der Waals surface area contributed by atoms with Gasteiger partial charge in [-0.25, -0.2) is 9.97 Å². The molecule has 0 aliphatic heterocycles. The van der Waals surface area contributed by atoms with Crippen LogP contribution in [-0.2, 0) is 0 Å². The molecular formula is C40H27N5O2. The van der Waals surface area contributed by atoms with Crippen molar-refractivity contribution in [3.63, 3.8) is 0 Å². The molecule has 47 heavy (non-hydrogen) atoms. The SMILES string of the molecule is Cc1ccc2c(n1)oc1cnc(-c3cccc(N(c4ccccc4)c4cccc(-c5cc6c(cn5)oc5nc(C)ccc56)c4)c3)cc12. The van der Waals surface area contributed by atoms with E-state index in [1.807, 2.05) is 32.0 Å². The van der Waals surface area contributed by atoms with E-state index in [1.54, 1.807) is 12.4 Å². The highest BCUT2D eigenvalue weighted by molar-refractivity contribution is 6.05. The average molecular weight is 610 g/mol. The fourth-order valence-corrected chi connectivity index (χ4v) is 6.26. The van der Waals surface area contributed by atoms with Gasteiger partial charge in [0, 0.05) is 61.1 Å². The van der Waals surface area contributed by atoms with Gasteiger partial charge in [-0.15, -0.1) is 0 Å². The summed E-state index contributed by atoms with van der Waals surface area (Å²) >= 11 is 0. The zero-order valence-corrected chi connectivity index (χ0v) is 25.7. The van der Waals surface area contributed by atoms with E-state index in [1.165, 1.54) is 0 Å². The Kier molecular flexibility index (Phi) is 6.11. The summed E-state index contributed by atoms with van der Waals surface area (Å²) in [5.41, 5.74) is 11.3. The number of anilines is 3. The predicted molar refractivity (Wildman–Crippen MR) is 187 cm³/mol. The Bertz CT molecular complexity index is 2460. The van der Waals surface area contributed by atoms with Crippen LogP contribution in [0.15, 0.2) is 136 Å². The van der Waals surface area contributed by atoms with E-state index in [-0.39, 0.29) is 0 Å². The van der Waals surface area contributed by atoms with Gasteiger partial charge in [0.25, 0.3) is 0 Å². The Balaban J connectivity index is 1.15. The van der Waals surface area contributed by atoms with Crippen molar-refractivity contribution in [3.05, 3.63) is 139 Å². The fourth-order valence-electron chi connectivity index (χ4n) is 6.26. The molecule has 6 heterocycles. The van der Waals surface area contributed by atoms with Crippen LogP contribution >= 0.6 is 0 Å². The van der Waals surface area contributed by atoms with Gasteiger partial charge in [0.05, 0.1) is 23.8 Å². The third-order valence-corrected chi connectivity index (χ3v) is 8.54. The van der Waals surface area contributed by atoms with E-state index < -0.39 is 0 Å². The van der Waals surface area contributed by atoms with Gasteiger partial charge >= 0.3 is 0 Å². The van der Waals surface area contributed by atoms with Gasteiger partial charge in [-0.3, -0.25) is 9.97 Å². The maximum Gasteiger partial charge on any atom is 0.227 e. The monoisotopic (exact) mass is 609 g/mol. The molecule has 0 saturated heterocycles.